The molecule has 3 rings (SSSR count). The van der Waals surface area contributed by atoms with Crippen molar-refractivity contribution in [1.82, 2.24) is 0 Å². The second-order valence-electron chi connectivity index (χ2n) is 3.55. The van der Waals surface area contributed by atoms with Gasteiger partial charge in [0.2, 0.25) is 5.78 Å². The normalized spacial score (nSPS) is 26.1. The Bertz CT molecular complexity index is 492. The predicted molar refractivity (Wildman–Crippen MR) is 53.0 cm³/mol. The maximum Gasteiger partial charge on any atom is 0.348 e. The Morgan fingerprint density at radius 1 is 1.38 bits per heavy atom. The molecule has 0 radical (unpaired) electrons. The number of Topliss-reactive ketones (excluding diaryl/α,β-unsaturated/α-hetero) is 2. The summed E-state index contributed by atoms with van der Waals surface area (Å²) in [6.45, 7) is 0. The quantitative estimate of drug-likeness (QED) is 0.531. The first-order valence-corrected chi connectivity index (χ1v) is 5.41. The zero-order valence-corrected chi connectivity index (χ0v) is 9.00. The molecule has 0 N–H and O–H groups in total. The lowest BCUT2D eigenvalue weighted by Gasteiger charge is -2.02. The van der Waals surface area contributed by atoms with Gasteiger partial charge in [0, 0.05) is 5.56 Å². The summed E-state index contributed by atoms with van der Waals surface area (Å²) in [4.78, 5) is 35.3. The van der Waals surface area contributed by atoms with Gasteiger partial charge in [0.25, 0.3) is 0 Å². The molecule has 1 aliphatic carbocycles. The smallest absolute Gasteiger partial charge is 0.348 e. The third kappa shape index (κ3) is 1.11. The summed E-state index contributed by atoms with van der Waals surface area (Å²) in [5, 5.41) is 0. The summed E-state index contributed by atoms with van der Waals surface area (Å²) < 4.78 is 9.50. The second-order valence-corrected chi connectivity index (χ2v) is 4.60. The number of carbonyl (C=O) groups is 3. The molecule has 1 aromatic rings. The monoisotopic (exact) mass is 238 g/mol. The van der Waals surface area contributed by atoms with Gasteiger partial charge in [0.15, 0.2) is 18.0 Å². The number of rotatable bonds is 1. The lowest BCUT2D eigenvalue weighted by Crippen LogP contribution is -2.23. The van der Waals surface area contributed by atoms with Crippen LogP contribution in [0.5, 0.6) is 0 Å². The van der Waals surface area contributed by atoms with Crippen molar-refractivity contribution in [2.24, 2.45) is 0 Å². The molecule has 2 aliphatic rings. The molecule has 2 unspecified atom stereocenters. The number of hydrogen-bond donors (Lipinski definition) is 0. The standard InChI is InChI=1S/C10H6O5S/c1-14-10(13)4-2-3-5(11)7-8(15-7)6(12)9(3)16-4/h2,7-8H,1H3. The third-order valence-electron chi connectivity index (χ3n) is 2.62. The Hall–Kier alpha value is -1.53. The average molecular weight is 238 g/mol. The Morgan fingerprint density at radius 2 is 2.06 bits per heavy atom. The van der Waals surface area contributed by atoms with Gasteiger partial charge in [-0.2, -0.15) is 0 Å². The number of esters is 1. The molecule has 1 fully saturated rings. The van der Waals surface area contributed by atoms with Gasteiger partial charge in [-0.05, 0) is 6.07 Å². The molecule has 0 saturated carbocycles. The van der Waals surface area contributed by atoms with Crippen molar-refractivity contribution in [1.29, 1.82) is 0 Å². The van der Waals surface area contributed by atoms with E-state index in [4.69, 9.17) is 4.74 Å². The minimum absolute atomic E-state index is 0.209. The van der Waals surface area contributed by atoms with Crippen LogP contribution in [-0.2, 0) is 9.47 Å². The van der Waals surface area contributed by atoms with E-state index in [2.05, 4.69) is 4.74 Å². The van der Waals surface area contributed by atoms with Crippen molar-refractivity contribution in [3.8, 4) is 0 Å². The fraction of sp³-hybridized carbons (Fsp3) is 0.300. The molecule has 6 heteroatoms. The first-order chi connectivity index (χ1) is 7.63. The van der Waals surface area contributed by atoms with E-state index in [0.29, 0.717) is 4.88 Å². The van der Waals surface area contributed by atoms with Crippen molar-refractivity contribution < 1.29 is 23.9 Å². The number of carbonyl (C=O) groups excluding carboxylic acids is 3. The van der Waals surface area contributed by atoms with E-state index in [0.717, 1.165) is 11.3 Å². The summed E-state index contributed by atoms with van der Waals surface area (Å²) in [5.41, 5.74) is 0.286. The van der Waals surface area contributed by atoms with Crippen molar-refractivity contribution in [2.75, 3.05) is 7.11 Å². The number of ketones is 2. The van der Waals surface area contributed by atoms with E-state index < -0.39 is 18.2 Å². The molecule has 0 bridgehead atoms. The summed E-state index contributed by atoms with van der Waals surface area (Å²) in [6.07, 6.45) is -1.25. The lowest BCUT2D eigenvalue weighted by atomic mass is 9.97. The lowest BCUT2D eigenvalue weighted by molar-refractivity contribution is 0.0606. The van der Waals surface area contributed by atoms with E-state index in [1.807, 2.05) is 0 Å². The first-order valence-electron chi connectivity index (χ1n) is 4.59. The van der Waals surface area contributed by atoms with Crippen LogP contribution in [0.3, 0.4) is 0 Å². The SMILES string of the molecule is COC(=O)c1cc2c(s1)C(=O)C1OC1C2=O. The van der Waals surface area contributed by atoms with E-state index in [1.165, 1.54) is 13.2 Å². The van der Waals surface area contributed by atoms with E-state index in [-0.39, 0.29) is 22.0 Å². The first kappa shape index (κ1) is 9.68. The molecular weight excluding hydrogens is 232 g/mol. The average Bonchev–Trinajstić information content (AvgIpc) is 2.96. The van der Waals surface area contributed by atoms with Crippen LogP contribution in [0.1, 0.15) is 29.7 Å². The van der Waals surface area contributed by atoms with Crippen LogP contribution in [0.15, 0.2) is 6.07 Å². The number of ether oxygens (including phenoxy) is 2. The van der Waals surface area contributed by atoms with Crippen molar-refractivity contribution in [3.63, 3.8) is 0 Å². The van der Waals surface area contributed by atoms with Crippen molar-refractivity contribution >= 4 is 28.9 Å². The van der Waals surface area contributed by atoms with Gasteiger partial charge in [-0.15, -0.1) is 11.3 Å². The molecule has 1 aromatic heterocycles. The van der Waals surface area contributed by atoms with Gasteiger partial charge in [0.1, 0.15) is 4.88 Å². The Balaban J connectivity index is 2.10. The highest BCUT2D eigenvalue weighted by Crippen LogP contribution is 2.39. The van der Waals surface area contributed by atoms with Crippen LogP contribution in [0, 0.1) is 0 Å². The number of thiophene rings is 1. The van der Waals surface area contributed by atoms with Gasteiger partial charge >= 0.3 is 5.97 Å². The predicted octanol–water partition coefficient (Wildman–Crippen LogP) is 0.681. The maximum atomic E-state index is 11.7. The largest absolute Gasteiger partial charge is 0.465 e. The number of hydrogen-bond acceptors (Lipinski definition) is 6. The van der Waals surface area contributed by atoms with Crippen LogP contribution in [0.25, 0.3) is 0 Å². The van der Waals surface area contributed by atoms with Crippen LogP contribution in [0.2, 0.25) is 0 Å². The van der Waals surface area contributed by atoms with Crippen molar-refractivity contribution in [2.45, 2.75) is 12.2 Å². The molecule has 2 heterocycles. The topological polar surface area (TPSA) is 73.0 Å². The highest BCUT2D eigenvalue weighted by Gasteiger charge is 2.56. The highest BCUT2D eigenvalue weighted by atomic mass is 32.1. The highest BCUT2D eigenvalue weighted by molar-refractivity contribution is 7.16. The fourth-order valence-corrected chi connectivity index (χ4v) is 2.80. The summed E-state index contributed by atoms with van der Waals surface area (Å²) in [6, 6.07) is 1.41. The Labute approximate surface area is 94.0 Å². The van der Waals surface area contributed by atoms with Crippen molar-refractivity contribution in [3.05, 3.63) is 21.4 Å². The van der Waals surface area contributed by atoms with Gasteiger partial charge in [-0.1, -0.05) is 0 Å². The van der Waals surface area contributed by atoms with E-state index in [9.17, 15) is 14.4 Å². The number of epoxide rings is 1. The van der Waals surface area contributed by atoms with Gasteiger partial charge in [0.05, 0.1) is 12.0 Å². The van der Waals surface area contributed by atoms with Gasteiger partial charge in [-0.25, -0.2) is 4.79 Å². The van der Waals surface area contributed by atoms with E-state index >= 15 is 0 Å². The molecule has 0 aromatic carbocycles. The van der Waals surface area contributed by atoms with Crippen LogP contribution in [0.4, 0.5) is 0 Å². The van der Waals surface area contributed by atoms with Gasteiger partial charge in [-0.3, -0.25) is 9.59 Å². The molecule has 0 amide bonds. The molecular formula is C10H6O5S. The summed E-state index contributed by atoms with van der Waals surface area (Å²) in [5.74, 6) is -0.958. The minimum Gasteiger partial charge on any atom is -0.465 e. The summed E-state index contributed by atoms with van der Waals surface area (Å²) >= 11 is 0.985. The molecule has 82 valence electrons. The Kier molecular flexibility index (Phi) is 1.81. The summed E-state index contributed by atoms with van der Waals surface area (Å²) in [7, 11) is 1.26. The van der Waals surface area contributed by atoms with Crippen LogP contribution in [-0.4, -0.2) is 36.9 Å². The number of fused-ring (bicyclic) bond motifs is 2. The van der Waals surface area contributed by atoms with E-state index in [1.54, 1.807) is 0 Å². The third-order valence-corrected chi connectivity index (χ3v) is 3.75. The van der Waals surface area contributed by atoms with Crippen LogP contribution >= 0.6 is 11.3 Å². The molecule has 0 spiro atoms. The Morgan fingerprint density at radius 3 is 2.75 bits per heavy atom. The zero-order chi connectivity index (χ0) is 11.4. The zero-order valence-electron chi connectivity index (χ0n) is 8.18. The maximum absolute atomic E-state index is 11.7. The fourth-order valence-electron chi connectivity index (χ4n) is 1.75. The molecule has 2 atom stereocenters. The van der Waals surface area contributed by atoms with Gasteiger partial charge < -0.3 is 9.47 Å². The molecule has 1 saturated heterocycles. The minimum atomic E-state index is -0.625. The van der Waals surface area contributed by atoms with Crippen LogP contribution < -0.4 is 0 Å². The molecule has 16 heavy (non-hydrogen) atoms. The molecule has 1 aliphatic heterocycles. The number of methoxy groups -OCH3 is 1. The molecule has 5 nitrogen and oxygen atoms in total. The second kappa shape index (κ2) is 2.99.